The summed E-state index contributed by atoms with van der Waals surface area (Å²) in [6.45, 7) is 4.58. The Bertz CT molecular complexity index is 709. The number of hydrogen-bond donors (Lipinski definition) is 2. The van der Waals surface area contributed by atoms with Crippen LogP contribution in [0.25, 0.3) is 0 Å². The Morgan fingerprint density at radius 1 is 1.33 bits per heavy atom. The molecule has 2 aromatic rings. The van der Waals surface area contributed by atoms with Gasteiger partial charge in [0.2, 0.25) is 0 Å². The van der Waals surface area contributed by atoms with Gasteiger partial charge in [-0.1, -0.05) is 26.0 Å². The summed E-state index contributed by atoms with van der Waals surface area (Å²) in [5.41, 5.74) is 6.43. The highest BCUT2D eigenvalue weighted by molar-refractivity contribution is 7.94. The topological polar surface area (TPSA) is 81.4 Å². The summed E-state index contributed by atoms with van der Waals surface area (Å²) in [6, 6.07) is 8.40. The fourth-order valence-corrected chi connectivity index (χ4v) is 3.75. The van der Waals surface area contributed by atoms with Gasteiger partial charge >= 0.3 is 0 Å². The number of benzene rings is 1. The molecule has 0 bridgehead atoms. The maximum atomic E-state index is 12.3. The number of nitrogens with two attached hydrogens (primary N) is 1. The van der Waals surface area contributed by atoms with Crippen molar-refractivity contribution in [3.05, 3.63) is 35.7 Å². The fourth-order valence-electron chi connectivity index (χ4n) is 1.60. The number of nitrogen functional groups attached to an aromatic ring is 1. The number of para-hydroxylation sites is 2. The van der Waals surface area contributed by atoms with Crippen LogP contribution in [0.2, 0.25) is 0 Å². The second-order valence-electron chi connectivity index (χ2n) is 5.01. The highest BCUT2D eigenvalue weighted by Crippen LogP contribution is 2.29. The Labute approximate surface area is 128 Å². The lowest BCUT2D eigenvalue weighted by molar-refractivity contribution is 0.272. The summed E-state index contributed by atoms with van der Waals surface area (Å²) >= 11 is 1.08. The predicted octanol–water partition coefficient (Wildman–Crippen LogP) is 3.17. The SMILES string of the molecule is CC(C)COc1ccccc1NS(=O)(=O)c1cc(N)cs1. The molecule has 3 N–H and O–H groups in total. The monoisotopic (exact) mass is 326 g/mol. The molecule has 7 heteroatoms. The standard InChI is InChI=1S/C14H18N2O3S2/c1-10(2)8-19-13-6-4-3-5-12(13)16-21(17,18)14-7-11(15)9-20-14/h3-7,9-10,16H,8,15H2,1-2H3. The van der Waals surface area contributed by atoms with E-state index in [0.717, 1.165) is 11.3 Å². The minimum absolute atomic E-state index is 0.179. The summed E-state index contributed by atoms with van der Waals surface area (Å²) in [6.07, 6.45) is 0. The lowest BCUT2D eigenvalue weighted by Gasteiger charge is -2.14. The lowest BCUT2D eigenvalue weighted by atomic mass is 10.2. The highest BCUT2D eigenvalue weighted by atomic mass is 32.2. The van der Waals surface area contributed by atoms with Crippen molar-refractivity contribution < 1.29 is 13.2 Å². The van der Waals surface area contributed by atoms with Crippen LogP contribution in [0.1, 0.15) is 13.8 Å². The number of anilines is 2. The zero-order valence-electron chi connectivity index (χ0n) is 11.9. The molecule has 1 heterocycles. The Hall–Kier alpha value is -1.73. The van der Waals surface area contributed by atoms with Crippen molar-refractivity contribution in [1.29, 1.82) is 0 Å². The Balaban J connectivity index is 2.23. The molecular formula is C14H18N2O3S2. The van der Waals surface area contributed by atoms with Gasteiger partial charge < -0.3 is 10.5 Å². The molecule has 114 valence electrons. The van der Waals surface area contributed by atoms with Gasteiger partial charge in [0.15, 0.2) is 0 Å². The smallest absolute Gasteiger partial charge is 0.271 e. The summed E-state index contributed by atoms with van der Waals surface area (Å²) < 4.78 is 32.9. The van der Waals surface area contributed by atoms with Gasteiger partial charge in [-0.2, -0.15) is 0 Å². The quantitative estimate of drug-likeness (QED) is 0.854. The molecule has 1 aromatic carbocycles. The number of thiophene rings is 1. The third-order valence-corrected chi connectivity index (χ3v) is 5.39. The van der Waals surface area contributed by atoms with E-state index in [-0.39, 0.29) is 4.21 Å². The van der Waals surface area contributed by atoms with Crippen LogP contribution >= 0.6 is 11.3 Å². The molecule has 21 heavy (non-hydrogen) atoms. The average molecular weight is 326 g/mol. The molecule has 0 saturated carbocycles. The van der Waals surface area contributed by atoms with Crippen molar-refractivity contribution in [2.24, 2.45) is 5.92 Å². The van der Waals surface area contributed by atoms with Crippen LogP contribution in [0.3, 0.4) is 0 Å². The van der Waals surface area contributed by atoms with Gasteiger partial charge in [-0.15, -0.1) is 11.3 Å². The zero-order valence-corrected chi connectivity index (χ0v) is 13.5. The molecule has 0 saturated heterocycles. The van der Waals surface area contributed by atoms with E-state index in [1.54, 1.807) is 29.6 Å². The third kappa shape index (κ3) is 4.12. The predicted molar refractivity (Wildman–Crippen MR) is 86.3 cm³/mol. The van der Waals surface area contributed by atoms with Crippen LogP contribution < -0.4 is 15.2 Å². The molecule has 0 aliphatic rings. The Kier molecular flexibility index (Phi) is 4.74. The highest BCUT2D eigenvalue weighted by Gasteiger charge is 2.18. The van der Waals surface area contributed by atoms with Gasteiger partial charge in [-0.3, -0.25) is 4.72 Å². The van der Waals surface area contributed by atoms with Gasteiger partial charge in [-0.25, -0.2) is 8.42 Å². The minimum atomic E-state index is -3.65. The van der Waals surface area contributed by atoms with Crippen LogP contribution in [0.4, 0.5) is 11.4 Å². The fraction of sp³-hybridized carbons (Fsp3) is 0.286. The van der Waals surface area contributed by atoms with Crippen molar-refractivity contribution in [1.82, 2.24) is 0 Å². The van der Waals surface area contributed by atoms with Crippen molar-refractivity contribution >= 4 is 32.7 Å². The van der Waals surface area contributed by atoms with Gasteiger partial charge in [-0.05, 0) is 24.1 Å². The van der Waals surface area contributed by atoms with Crippen LogP contribution in [0, 0.1) is 5.92 Å². The van der Waals surface area contributed by atoms with Crippen LogP contribution in [0.15, 0.2) is 39.9 Å². The van der Waals surface area contributed by atoms with E-state index < -0.39 is 10.0 Å². The number of hydrogen-bond acceptors (Lipinski definition) is 5. The molecule has 0 amide bonds. The summed E-state index contributed by atoms with van der Waals surface area (Å²) in [5.74, 6) is 0.867. The van der Waals surface area contributed by atoms with E-state index >= 15 is 0 Å². The van der Waals surface area contributed by atoms with Crippen LogP contribution in [0.5, 0.6) is 5.75 Å². The molecule has 1 aromatic heterocycles. The first kappa shape index (κ1) is 15.7. The van der Waals surface area contributed by atoms with Crippen molar-refractivity contribution in [2.45, 2.75) is 18.1 Å². The molecule has 0 fully saturated rings. The number of nitrogens with one attached hydrogen (secondary N) is 1. The average Bonchev–Trinajstić information content (AvgIpc) is 2.85. The summed E-state index contributed by atoms with van der Waals surface area (Å²) in [5, 5.41) is 1.59. The van der Waals surface area contributed by atoms with E-state index in [2.05, 4.69) is 4.72 Å². The molecule has 0 spiro atoms. The zero-order chi connectivity index (χ0) is 15.5. The van der Waals surface area contributed by atoms with E-state index in [1.807, 2.05) is 13.8 Å². The Morgan fingerprint density at radius 3 is 2.67 bits per heavy atom. The first-order valence-electron chi connectivity index (χ1n) is 6.47. The molecule has 0 unspecified atom stereocenters. The van der Waals surface area contributed by atoms with Gasteiger partial charge in [0.1, 0.15) is 9.96 Å². The largest absolute Gasteiger partial charge is 0.491 e. The van der Waals surface area contributed by atoms with Crippen LogP contribution in [-0.2, 0) is 10.0 Å². The maximum Gasteiger partial charge on any atom is 0.271 e. The normalized spacial score (nSPS) is 11.6. The second kappa shape index (κ2) is 6.36. The van der Waals surface area contributed by atoms with Gasteiger partial charge in [0, 0.05) is 11.1 Å². The van der Waals surface area contributed by atoms with Crippen LogP contribution in [-0.4, -0.2) is 15.0 Å². The lowest BCUT2D eigenvalue weighted by Crippen LogP contribution is -2.13. The van der Waals surface area contributed by atoms with E-state index in [1.165, 1.54) is 6.07 Å². The number of ether oxygens (including phenoxy) is 1. The molecule has 2 rings (SSSR count). The summed E-state index contributed by atoms with van der Waals surface area (Å²) in [4.78, 5) is 0. The number of rotatable bonds is 6. The maximum absolute atomic E-state index is 12.3. The molecule has 0 aliphatic carbocycles. The van der Waals surface area contributed by atoms with Gasteiger partial charge in [0.25, 0.3) is 10.0 Å². The van der Waals surface area contributed by atoms with Gasteiger partial charge in [0.05, 0.1) is 12.3 Å². The third-order valence-electron chi connectivity index (χ3n) is 2.56. The van der Waals surface area contributed by atoms with Crippen molar-refractivity contribution in [2.75, 3.05) is 17.1 Å². The van der Waals surface area contributed by atoms with Crippen molar-refractivity contribution in [3.63, 3.8) is 0 Å². The molecular weight excluding hydrogens is 308 g/mol. The van der Waals surface area contributed by atoms with E-state index in [4.69, 9.17) is 10.5 Å². The first-order valence-corrected chi connectivity index (χ1v) is 8.83. The van der Waals surface area contributed by atoms with E-state index in [9.17, 15) is 8.42 Å². The molecule has 0 aliphatic heterocycles. The molecule has 5 nitrogen and oxygen atoms in total. The molecule has 0 atom stereocenters. The molecule has 0 radical (unpaired) electrons. The number of sulfonamides is 1. The summed E-state index contributed by atoms with van der Waals surface area (Å²) in [7, 11) is -3.65. The first-order chi connectivity index (χ1) is 9.88. The second-order valence-corrected chi connectivity index (χ2v) is 7.83. The van der Waals surface area contributed by atoms with Crippen molar-refractivity contribution in [3.8, 4) is 5.75 Å². The Morgan fingerprint density at radius 2 is 2.05 bits per heavy atom. The van der Waals surface area contributed by atoms with E-state index in [0.29, 0.717) is 29.6 Å². The minimum Gasteiger partial charge on any atom is -0.491 e.